The molecule has 0 bridgehead atoms. The summed E-state index contributed by atoms with van der Waals surface area (Å²) in [6, 6.07) is 8.32. The van der Waals surface area contributed by atoms with Gasteiger partial charge in [-0.15, -0.1) is 12.4 Å². The third-order valence-corrected chi connectivity index (χ3v) is 2.95. The molecule has 3 heteroatoms. The van der Waals surface area contributed by atoms with Crippen LogP contribution in [-0.4, -0.2) is 31.3 Å². The summed E-state index contributed by atoms with van der Waals surface area (Å²) in [4.78, 5) is 13.9. The molecule has 2 nitrogen and oxygen atoms in total. The Balaban J connectivity index is 0.00000324. The fourth-order valence-electron chi connectivity index (χ4n) is 1.84. The Morgan fingerprint density at radius 2 is 1.84 bits per heavy atom. The van der Waals surface area contributed by atoms with Crippen molar-refractivity contribution in [1.29, 1.82) is 0 Å². The van der Waals surface area contributed by atoms with E-state index in [9.17, 15) is 4.79 Å². The molecule has 106 valence electrons. The lowest BCUT2D eigenvalue weighted by molar-refractivity contribution is -0.118. The number of ketones is 1. The van der Waals surface area contributed by atoms with E-state index in [1.807, 2.05) is 32.0 Å². The summed E-state index contributed by atoms with van der Waals surface area (Å²) in [6.07, 6.45) is 4.63. The largest absolute Gasteiger partial charge is 0.309 e. The van der Waals surface area contributed by atoms with E-state index in [1.165, 1.54) is 5.56 Å². The highest BCUT2D eigenvalue weighted by molar-refractivity contribution is 5.95. The predicted molar refractivity (Wildman–Crippen MR) is 84.8 cm³/mol. The number of nitrogens with zero attached hydrogens (tertiary/aromatic N) is 1. The first-order valence-corrected chi connectivity index (χ1v) is 6.48. The number of carbonyl (C=O) groups is 1. The van der Waals surface area contributed by atoms with Gasteiger partial charge in [0.2, 0.25) is 0 Å². The minimum atomic E-state index is 0. The van der Waals surface area contributed by atoms with E-state index in [1.54, 1.807) is 6.08 Å². The van der Waals surface area contributed by atoms with Gasteiger partial charge in [0.1, 0.15) is 0 Å². The summed E-state index contributed by atoms with van der Waals surface area (Å²) in [5.41, 5.74) is 2.40. The van der Waals surface area contributed by atoms with Crippen LogP contribution in [0.4, 0.5) is 0 Å². The van der Waals surface area contributed by atoms with Crippen molar-refractivity contribution in [3.05, 3.63) is 41.5 Å². The Morgan fingerprint density at radius 3 is 2.32 bits per heavy atom. The van der Waals surface area contributed by atoms with Crippen molar-refractivity contribution in [2.45, 2.75) is 20.3 Å². The summed E-state index contributed by atoms with van der Waals surface area (Å²) in [7, 11) is 3.97. The van der Waals surface area contributed by atoms with Gasteiger partial charge in [-0.2, -0.15) is 0 Å². The average Bonchev–Trinajstić information content (AvgIpc) is 2.35. The average molecular weight is 282 g/mol. The molecule has 0 aromatic heterocycles. The predicted octanol–water partition coefficient (Wildman–Crippen LogP) is 3.45. The summed E-state index contributed by atoms with van der Waals surface area (Å²) < 4.78 is 0. The number of benzene rings is 1. The smallest absolute Gasteiger partial charge is 0.159 e. The first-order valence-electron chi connectivity index (χ1n) is 6.48. The Kier molecular flexibility index (Phi) is 8.37. The highest BCUT2D eigenvalue weighted by atomic mass is 35.5. The third kappa shape index (κ3) is 6.55. The van der Waals surface area contributed by atoms with E-state index in [-0.39, 0.29) is 24.1 Å². The number of aryl methyl sites for hydroxylation is 1. The molecule has 0 heterocycles. The first kappa shape index (κ1) is 17.9. The molecule has 0 radical (unpaired) electrons. The van der Waals surface area contributed by atoms with Crippen molar-refractivity contribution in [3.63, 3.8) is 0 Å². The van der Waals surface area contributed by atoms with E-state index >= 15 is 0 Å². The van der Waals surface area contributed by atoms with Crippen molar-refractivity contribution in [1.82, 2.24) is 4.90 Å². The molecule has 1 rings (SSSR count). The summed E-state index contributed by atoms with van der Waals surface area (Å²) in [6.45, 7) is 4.89. The topological polar surface area (TPSA) is 20.3 Å². The number of halogens is 1. The van der Waals surface area contributed by atoms with Crippen LogP contribution in [0.25, 0.3) is 6.08 Å². The van der Waals surface area contributed by atoms with Crippen molar-refractivity contribution < 1.29 is 4.79 Å². The zero-order valence-corrected chi connectivity index (χ0v) is 13.0. The number of hydrogen-bond donors (Lipinski definition) is 0. The molecular weight excluding hydrogens is 258 g/mol. The van der Waals surface area contributed by atoms with Gasteiger partial charge in [0.05, 0.1) is 0 Å². The molecule has 0 saturated heterocycles. The molecule has 1 aromatic rings. The third-order valence-electron chi connectivity index (χ3n) is 2.95. The lowest BCUT2D eigenvalue weighted by atomic mass is 10.0. The van der Waals surface area contributed by atoms with Gasteiger partial charge in [-0.1, -0.05) is 44.2 Å². The Bertz CT molecular complexity index is 409. The maximum Gasteiger partial charge on any atom is 0.159 e. The highest BCUT2D eigenvalue weighted by Crippen LogP contribution is 2.08. The highest BCUT2D eigenvalue weighted by Gasteiger charge is 2.10. The normalized spacial score (nSPS) is 12.5. The monoisotopic (exact) mass is 281 g/mol. The van der Waals surface area contributed by atoms with Crippen LogP contribution in [-0.2, 0) is 11.2 Å². The minimum Gasteiger partial charge on any atom is -0.309 e. The van der Waals surface area contributed by atoms with Crippen molar-refractivity contribution in [3.8, 4) is 0 Å². The van der Waals surface area contributed by atoms with E-state index in [2.05, 4.69) is 31.2 Å². The zero-order valence-electron chi connectivity index (χ0n) is 12.2. The molecule has 0 N–H and O–H groups in total. The zero-order chi connectivity index (χ0) is 13.5. The van der Waals surface area contributed by atoms with Crippen molar-refractivity contribution in [2.75, 3.05) is 20.6 Å². The Labute approximate surface area is 122 Å². The molecule has 0 spiro atoms. The van der Waals surface area contributed by atoms with Gasteiger partial charge in [0, 0.05) is 12.5 Å². The second-order valence-corrected chi connectivity index (χ2v) is 4.99. The SMILES string of the molecule is CCc1ccc(C=CC(=O)C(C)CN(C)C)cc1.Cl. The molecule has 19 heavy (non-hydrogen) atoms. The fourth-order valence-corrected chi connectivity index (χ4v) is 1.84. The van der Waals surface area contributed by atoms with Gasteiger partial charge in [0.15, 0.2) is 5.78 Å². The molecule has 0 fully saturated rings. The van der Waals surface area contributed by atoms with E-state index < -0.39 is 0 Å². The molecule has 0 amide bonds. The van der Waals surface area contributed by atoms with Gasteiger partial charge in [-0.25, -0.2) is 0 Å². The first-order chi connectivity index (χ1) is 8.52. The molecule has 0 aliphatic rings. The number of hydrogen-bond acceptors (Lipinski definition) is 2. The number of allylic oxidation sites excluding steroid dienone is 1. The molecule has 1 unspecified atom stereocenters. The van der Waals surface area contributed by atoms with Gasteiger partial charge < -0.3 is 4.90 Å². The second-order valence-electron chi connectivity index (χ2n) is 4.99. The van der Waals surface area contributed by atoms with Crippen LogP contribution in [0.3, 0.4) is 0 Å². The quantitative estimate of drug-likeness (QED) is 0.745. The molecule has 1 atom stereocenters. The Hall–Kier alpha value is -1.12. The molecule has 0 aliphatic heterocycles. The number of carbonyl (C=O) groups excluding carboxylic acids is 1. The van der Waals surface area contributed by atoms with Crippen molar-refractivity contribution >= 4 is 24.3 Å². The number of rotatable bonds is 6. The Morgan fingerprint density at radius 1 is 1.26 bits per heavy atom. The van der Waals surface area contributed by atoms with Crippen LogP contribution < -0.4 is 0 Å². The molecular formula is C16H24ClNO. The molecule has 0 aliphatic carbocycles. The second kappa shape index (κ2) is 8.89. The van der Waals surface area contributed by atoms with Crippen LogP contribution in [0.1, 0.15) is 25.0 Å². The van der Waals surface area contributed by atoms with Crippen molar-refractivity contribution in [2.24, 2.45) is 5.92 Å². The summed E-state index contributed by atoms with van der Waals surface area (Å²) in [5.74, 6) is 0.231. The summed E-state index contributed by atoms with van der Waals surface area (Å²) in [5, 5.41) is 0. The lowest BCUT2D eigenvalue weighted by Crippen LogP contribution is -2.24. The lowest BCUT2D eigenvalue weighted by Gasteiger charge is -2.13. The van der Waals surface area contributed by atoms with E-state index in [0.29, 0.717) is 0 Å². The maximum absolute atomic E-state index is 11.9. The van der Waals surface area contributed by atoms with Crippen LogP contribution in [0, 0.1) is 5.92 Å². The van der Waals surface area contributed by atoms with Crippen LogP contribution in [0.15, 0.2) is 30.3 Å². The fraction of sp³-hybridized carbons (Fsp3) is 0.438. The van der Waals surface area contributed by atoms with Gasteiger partial charge in [-0.05, 0) is 37.7 Å². The van der Waals surface area contributed by atoms with Gasteiger partial charge in [0.25, 0.3) is 0 Å². The molecule has 0 saturated carbocycles. The van der Waals surface area contributed by atoms with Gasteiger partial charge >= 0.3 is 0 Å². The maximum atomic E-state index is 11.9. The minimum absolute atomic E-state index is 0. The van der Waals surface area contributed by atoms with Crippen LogP contribution >= 0.6 is 12.4 Å². The summed E-state index contributed by atoms with van der Waals surface area (Å²) >= 11 is 0. The van der Waals surface area contributed by atoms with Crippen LogP contribution in [0.2, 0.25) is 0 Å². The molecule has 1 aromatic carbocycles. The van der Waals surface area contributed by atoms with Gasteiger partial charge in [-0.3, -0.25) is 4.79 Å². The van der Waals surface area contributed by atoms with E-state index in [0.717, 1.165) is 18.5 Å². The van der Waals surface area contributed by atoms with Crippen LogP contribution in [0.5, 0.6) is 0 Å². The van der Waals surface area contributed by atoms with E-state index in [4.69, 9.17) is 0 Å². The standard InChI is InChI=1S/C16H23NO.ClH/c1-5-14-6-8-15(9-7-14)10-11-16(18)13(2)12-17(3)4;/h6-11,13H,5,12H2,1-4H3;1H.